The van der Waals surface area contributed by atoms with Gasteiger partial charge in [-0.2, -0.15) is 10.5 Å². The molecule has 20 heavy (non-hydrogen) atoms. The van der Waals surface area contributed by atoms with E-state index in [1.54, 1.807) is 6.07 Å². The van der Waals surface area contributed by atoms with E-state index in [2.05, 4.69) is 5.32 Å². The Morgan fingerprint density at radius 1 is 1.40 bits per heavy atom. The van der Waals surface area contributed by atoms with Gasteiger partial charge in [0.1, 0.15) is 12.1 Å². The lowest BCUT2D eigenvalue weighted by molar-refractivity contribution is -0.125. The Bertz CT molecular complexity index is 626. The Kier molecular flexibility index (Phi) is 3.74. The van der Waals surface area contributed by atoms with Crippen molar-refractivity contribution in [1.29, 1.82) is 10.5 Å². The highest BCUT2D eigenvalue weighted by Crippen LogP contribution is 2.37. The minimum Gasteiger partial charge on any atom is -0.327 e. The zero-order valence-electron chi connectivity index (χ0n) is 11.3. The molecule has 2 rings (SSSR count). The quantitative estimate of drug-likeness (QED) is 0.854. The molecule has 0 aromatic heterocycles. The molecule has 0 saturated heterocycles. The maximum Gasteiger partial charge on any atom is 0.231 e. The van der Waals surface area contributed by atoms with Gasteiger partial charge >= 0.3 is 0 Å². The first-order valence-corrected chi connectivity index (χ1v) is 6.52. The van der Waals surface area contributed by atoms with E-state index < -0.39 is 5.41 Å². The molecule has 1 fully saturated rings. The largest absolute Gasteiger partial charge is 0.327 e. The predicted octanol–water partition coefficient (Wildman–Crippen LogP) is 1.89. The Labute approximate surface area is 118 Å². The molecule has 0 aliphatic heterocycles. The van der Waals surface area contributed by atoms with Crippen LogP contribution >= 0.6 is 0 Å². The number of carbonyl (C=O) groups excluding carboxylic acids is 1. The molecule has 1 amide bonds. The number of nitriles is 2. The summed E-state index contributed by atoms with van der Waals surface area (Å²) in [6.07, 6.45) is 2.56. The number of nitrogens with zero attached hydrogens (tertiary/aromatic N) is 2. The molecule has 0 bridgehead atoms. The number of rotatable bonds is 2. The van der Waals surface area contributed by atoms with Gasteiger partial charge in [0, 0.05) is 11.7 Å². The first kappa shape index (κ1) is 14.0. The molecule has 2 atom stereocenters. The SMILES string of the molecule is CC1(C(=O)Nc2ccc(C#N)c(C#N)c2)CCCC1N. The van der Waals surface area contributed by atoms with Crippen molar-refractivity contribution in [2.75, 3.05) is 5.32 Å². The van der Waals surface area contributed by atoms with E-state index in [-0.39, 0.29) is 17.5 Å². The van der Waals surface area contributed by atoms with Crippen molar-refractivity contribution in [1.82, 2.24) is 0 Å². The summed E-state index contributed by atoms with van der Waals surface area (Å²) in [7, 11) is 0. The van der Waals surface area contributed by atoms with Crippen molar-refractivity contribution in [3.8, 4) is 12.1 Å². The number of hydrogen-bond acceptors (Lipinski definition) is 4. The van der Waals surface area contributed by atoms with Crippen molar-refractivity contribution in [3.05, 3.63) is 29.3 Å². The zero-order chi connectivity index (χ0) is 14.8. The second-order valence-electron chi connectivity index (χ2n) is 5.35. The van der Waals surface area contributed by atoms with Crippen molar-refractivity contribution in [2.24, 2.45) is 11.1 Å². The van der Waals surface area contributed by atoms with Crippen LogP contribution in [0.2, 0.25) is 0 Å². The van der Waals surface area contributed by atoms with E-state index in [9.17, 15) is 4.79 Å². The summed E-state index contributed by atoms with van der Waals surface area (Å²) in [4.78, 5) is 12.4. The molecule has 1 aromatic carbocycles. The number of nitrogens with one attached hydrogen (secondary N) is 1. The molecule has 1 saturated carbocycles. The van der Waals surface area contributed by atoms with Gasteiger partial charge in [-0.1, -0.05) is 6.42 Å². The van der Waals surface area contributed by atoms with Crippen LogP contribution in [0.4, 0.5) is 5.69 Å². The van der Waals surface area contributed by atoms with Gasteiger partial charge in [-0.15, -0.1) is 0 Å². The Hall–Kier alpha value is -2.37. The molecule has 5 heteroatoms. The average Bonchev–Trinajstić information content (AvgIpc) is 2.79. The Morgan fingerprint density at radius 3 is 2.65 bits per heavy atom. The molecule has 0 heterocycles. The van der Waals surface area contributed by atoms with Crippen molar-refractivity contribution in [2.45, 2.75) is 32.2 Å². The summed E-state index contributed by atoms with van der Waals surface area (Å²) in [6.45, 7) is 1.87. The minimum absolute atomic E-state index is 0.129. The molecular formula is C15H16N4O. The van der Waals surface area contributed by atoms with E-state index in [1.165, 1.54) is 12.1 Å². The van der Waals surface area contributed by atoms with Crippen LogP contribution in [0.15, 0.2) is 18.2 Å². The standard InChI is InChI=1S/C15H16N4O/c1-15(6-2-3-13(15)18)14(20)19-12-5-4-10(8-16)11(7-12)9-17/h4-5,7,13H,2-3,6,18H2,1H3,(H,19,20). The van der Waals surface area contributed by atoms with Gasteiger partial charge in [0.25, 0.3) is 0 Å². The molecule has 102 valence electrons. The van der Waals surface area contributed by atoms with Crippen LogP contribution in [0.3, 0.4) is 0 Å². The van der Waals surface area contributed by atoms with Gasteiger partial charge in [-0.05, 0) is 38.0 Å². The van der Waals surface area contributed by atoms with Gasteiger partial charge in [0.15, 0.2) is 0 Å². The van der Waals surface area contributed by atoms with Crippen molar-refractivity contribution >= 4 is 11.6 Å². The lowest BCUT2D eigenvalue weighted by atomic mass is 9.84. The molecule has 5 nitrogen and oxygen atoms in total. The van der Waals surface area contributed by atoms with E-state index >= 15 is 0 Å². The van der Waals surface area contributed by atoms with Crippen LogP contribution in [0.1, 0.15) is 37.3 Å². The maximum atomic E-state index is 12.4. The fourth-order valence-corrected chi connectivity index (χ4v) is 2.56. The lowest BCUT2D eigenvalue weighted by Crippen LogP contribution is -2.44. The maximum absolute atomic E-state index is 12.4. The normalized spacial score (nSPS) is 24.7. The highest BCUT2D eigenvalue weighted by Gasteiger charge is 2.42. The van der Waals surface area contributed by atoms with Crippen molar-refractivity contribution < 1.29 is 4.79 Å². The lowest BCUT2D eigenvalue weighted by Gasteiger charge is -2.27. The summed E-state index contributed by atoms with van der Waals surface area (Å²) in [5.74, 6) is -0.129. The predicted molar refractivity (Wildman–Crippen MR) is 74.4 cm³/mol. The number of carbonyl (C=O) groups is 1. The highest BCUT2D eigenvalue weighted by molar-refractivity contribution is 5.96. The third-order valence-corrected chi connectivity index (χ3v) is 4.07. The molecule has 1 aliphatic rings. The Morgan fingerprint density at radius 2 is 2.10 bits per heavy atom. The second-order valence-corrected chi connectivity index (χ2v) is 5.35. The van der Waals surface area contributed by atoms with Crippen LogP contribution < -0.4 is 11.1 Å². The second kappa shape index (κ2) is 5.32. The smallest absolute Gasteiger partial charge is 0.231 e. The summed E-state index contributed by atoms with van der Waals surface area (Å²) < 4.78 is 0. The van der Waals surface area contributed by atoms with Crippen LogP contribution in [-0.2, 0) is 4.79 Å². The molecule has 0 spiro atoms. The van der Waals surface area contributed by atoms with E-state index in [1.807, 2.05) is 19.1 Å². The minimum atomic E-state index is -0.569. The van der Waals surface area contributed by atoms with Crippen LogP contribution in [0.5, 0.6) is 0 Å². The van der Waals surface area contributed by atoms with Crippen LogP contribution in [-0.4, -0.2) is 11.9 Å². The number of amides is 1. The summed E-state index contributed by atoms with van der Waals surface area (Å²) in [5.41, 5.74) is 6.52. The third-order valence-electron chi connectivity index (χ3n) is 4.07. The van der Waals surface area contributed by atoms with Gasteiger partial charge in [-0.25, -0.2) is 0 Å². The molecule has 1 aliphatic carbocycles. The number of benzene rings is 1. The first-order valence-electron chi connectivity index (χ1n) is 6.52. The summed E-state index contributed by atoms with van der Waals surface area (Å²) in [5, 5.41) is 20.6. The molecule has 1 aromatic rings. The molecule has 2 unspecified atom stereocenters. The fraction of sp³-hybridized carbons (Fsp3) is 0.400. The summed E-state index contributed by atoms with van der Waals surface area (Å²) in [6, 6.07) is 8.42. The monoisotopic (exact) mass is 268 g/mol. The van der Waals surface area contributed by atoms with Gasteiger partial charge in [0.05, 0.1) is 16.5 Å². The van der Waals surface area contributed by atoms with Crippen LogP contribution in [0, 0.1) is 28.1 Å². The number of nitrogens with two attached hydrogens (primary N) is 1. The molecular weight excluding hydrogens is 252 g/mol. The third kappa shape index (κ3) is 2.36. The topological polar surface area (TPSA) is 103 Å². The first-order chi connectivity index (χ1) is 9.51. The number of hydrogen-bond donors (Lipinski definition) is 2. The fourth-order valence-electron chi connectivity index (χ4n) is 2.56. The van der Waals surface area contributed by atoms with Crippen LogP contribution in [0.25, 0.3) is 0 Å². The Balaban J connectivity index is 2.21. The van der Waals surface area contributed by atoms with Gasteiger partial charge in [0.2, 0.25) is 5.91 Å². The van der Waals surface area contributed by atoms with E-state index in [0.717, 1.165) is 19.3 Å². The summed E-state index contributed by atoms with van der Waals surface area (Å²) >= 11 is 0. The molecule has 0 radical (unpaired) electrons. The highest BCUT2D eigenvalue weighted by atomic mass is 16.2. The van der Waals surface area contributed by atoms with Gasteiger partial charge in [-0.3, -0.25) is 4.79 Å². The van der Waals surface area contributed by atoms with Gasteiger partial charge < -0.3 is 11.1 Å². The number of anilines is 1. The van der Waals surface area contributed by atoms with E-state index in [4.69, 9.17) is 16.3 Å². The average molecular weight is 268 g/mol. The van der Waals surface area contributed by atoms with E-state index in [0.29, 0.717) is 11.3 Å². The molecule has 3 N–H and O–H groups in total. The zero-order valence-corrected chi connectivity index (χ0v) is 11.3. The van der Waals surface area contributed by atoms with Crippen molar-refractivity contribution in [3.63, 3.8) is 0 Å².